The third-order valence-electron chi connectivity index (χ3n) is 1.98. The molecule has 0 spiro atoms. The number of hydrogen-bond donors (Lipinski definition) is 0. The molecule has 0 amide bonds. The molecule has 0 aliphatic rings. The molecule has 15 heavy (non-hydrogen) atoms. The number of hydrogen-bond acceptors (Lipinski definition) is 2. The third-order valence-corrected chi connectivity index (χ3v) is 2.65. The van der Waals surface area contributed by atoms with Crippen LogP contribution >= 0.6 is 22.6 Å². The minimum absolute atomic E-state index is 0.805. The Morgan fingerprint density at radius 3 is 2.80 bits per heavy atom. The van der Waals surface area contributed by atoms with Crippen LogP contribution in [0.4, 0.5) is 0 Å². The van der Waals surface area contributed by atoms with Gasteiger partial charge in [-0.25, -0.2) is 0 Å². The van der Waals surface area contributed by atoms with E-state index in [1.807, 2.05) is 43.3 Å². The van der Waals surface area contributed by atoms with Gasteiger partial charge in [0, 0.05) is 9.77 Å². The molecule has 0 saturated carbocycles. The second-order valence-electron chi connectivity index (χ2n) is 3.15. The van der Waals surface area contributed by atoms with Crippen molar-refractivity contribution in [3.63, 3.8) is 0 Å². The molecule has 1 heterocycles. The first-order chi connectivity index (χ1) is 7.25. The van der Waals surface area contributed by atoms with E-state index in [9.17, 15) is 0 Å². The fourth-order valence-electron chi connectivity index (χ4n) is 1.23. The second kappa shape index (κ2) is 4.61. The van der Waals surface area contributed by atoms with Gasteiger partial charge in [0.25, 0.3) is 0 Å². The zero-order chi connectivity index (χ0) is 10.7. The van der Waals surface area contributed by atoms with Crippen LogP contribution < -0.4 is 4.74 Å². The first-order valence-electron chi connectivity index (χ1n) is 4.61. The smallest absolute Gasteiger partial charge is 0.148 e. The van der Waals surface area contributed by atoms with Gasteiger partial charge in [-0.1, -0.05) is 6.07 Å². The van der Waals surface area contributed by atoms with Crippen LogP contribution in [0.2, 0.25) is 0 Å². The van der Waals surface area contributed by atoms with Crippen LogP contribution in [0.1, 0.15) is 5.69 Å². The van der Waals surface area contributed by atoms with Gasteiger partial charge in [0.05, 0.1) is 5.69 Å². The van der Waals surface area contributed by atoms with Crippen LogP contribution in [0.25, 0.3) is 0 Å². The van der Waals surface area contributed by atoms with Gasteiger partial charge in [-0.05, 0) is 59.8 Å². The Kier molecular flexibility index (Phi) is 3.20. The van der Waals surface area contributed by atoms with E-state index >= 15 is 0 Å². The van der Waals surface area contributed by atoms with Gasteiger partial charge in [0.2, 0.25) is 0 Å². The van der Waals surface area contributed by atoms with Crippen molar-refractivity contribution in [1.29, 1.82) is 0 Å². The average Bonchev–Trinajstić information content (AvgIpc) is 2.22. The first-order valence-corrected chi connectivity index (χ1v) is 5.68. The minimum Gasteiger partial charge on any atom is -0.455 e. The zero-order valence-electron chi connectivity index (χ0n) is 8.27. The fraction of sp³-hybridized carbons (Fsp3) is 0.0833. The molecule has 1 aromatic heterocycles. The van der Waals surface area contributed by atoms with Gasteiger partial charge in [-0.2, -0.15) is 0 Å². The van der Waals surface area contributed by atoms with Gasteiger partial charge >= 0.3 is 0 Å². The molecule has 0 bridgehead atoms. The highest BCUT2D eigenvalue weighted by Gasteiger charge is 2.01. The summed E-state index contributed by atoms with van der Waals surface area (Å²) in [6.45, 7) is 1.93. The number of nitrogens with zero attached hydrogens (tertiary/aromatic N) is 1. The molecule has 0 radical (unpaired) electrons. The Labute approximate surface area is 102 Å². The molecule has 0 fully saturated rings. The summed E-state index contributed by atoms with van der Waals surface area (Å²) in [5.74, 6) is 1.65. The topological polar surface area (TPSA) is 22.1 Å². The number of pyridine rings is 1. The third kappa shape index (κ3) is 2.68. The molecular formula is C12H10INO. The zero-order valence-corrected chi connectivity index (χ0v) is 10.4. The summed E-state index contributed by atoms with van der Waals surface area (Å²) in [6, 6.07) is 11.7. The van der Waals surface area contributed by atoms with Crippen LogP contribution in [-0.2, 0) is 0 Å². The van der Waals surface area contributed by atoms with Crippen LogP contribution in [0.5, 0.6) is 11.5 Å². The number of aryl methyl sites for hydroxylation is 1. The van der Waals surface area contributed by atoms with E-state index in [2.05, 4.69) is 27.6 Å². The lowest BCUT2D eigenvalue weighted by atomic mass is 10.3. The SMILES string of the molecule is Cc1ncccc1Oc1cccc(I)c1. The van der Waals surface area contributed by atoms with E-state index in [1.165, 1.54) is 0 Å². The standard InChI is InChI=1S/C12H10INO/c1-9-12(6-3-7-14-9)15-11-5-2-4-10(13)8-11/h2-8H,1H3. The van der Waals surface area contributed by atoms with Crippen molar-refractivity contribution in [2.45, 2.75) is 6.92 Å². The summed E-state index contributed by atoms with van der Waals surface area (Å²) in [7, 11) is 0. The molecule has 2 aromatic rings. The molecule has 0 unspecified atom stereocenters. The molecule has 3 heteroatoms. The maximum Gasteiger partial charge on any atom is 0.148 e. The first kappa shape index (κ1) is 10.4. The number of aromatic nitrogens is 1. The van der Waals surface area contributed by atoms with E-state index in [0.29, 0.717) is 0 Å². The van der Waals surface area contributed by atoms with Gasteiger partial charge in [0.15, 0.2) is 0 Å². The Hall–Kier alpha value is -1.10. The Balaban J connectivity index is 2.26. The van der Waals surface area contributed by atoms with Crippen LogP contribution in [0.3, 0.4) is 0 Å². The van der Waals surface area contributed by atoms with Gasteiger partial charge in [-0.3, -0.25) is 4.98 Å². The summed E-state index contributed by atoms with van der Waals surface area (Å²) < 4.78 is 6.88. The molecule has 2 rings (SSSR count). The van der Waals surface area contributed by atoms with Crippen molar-refractivity contribution in [2.75, 3.05) is 0 Å². The van der Waals surface area contributed by atoms with E-state index < -0.39 is 0 Å². The largest absolute Gasteiger partial charge is 0.455 e. The van der Waals surface area contributed by atoms with Gasteiger partial charge < -0.3 is 4.74 Å². The monoisotopic (exact) mass is 311 g/mol. The lowest BCUT2D eigenvalue weighted by molar-refractivity contribution is 0.475. The summed E-state index contributed by atoms with van der Waals surface area (Å²) in [6.07, 6.45) is 1.76. The van der Waals surface area contributed by atoms with Crippen molar-refractivity contribution < 1.29 is 4.74 Å². The average molecular weight is 311 g/mol. The summed E-state index contributed by atoms with van der Waals surface area (Å²) >= 11 is 2.26. The Morgan fingerprint density at radius 1 is 1.20 bits per heavy atom. The number of benzene rings is 1. The molecule has 0 aliphatic carbocycles. The molecule has 1 aromatic carbocycles. The Bertz CT molecular complexity index is 471. The van der Waals surface area contributed by atoms with Crippen molar-refractivity contribution in [3.8, 4) is 11.5 Å². The van der Waals surface area contributed by atoms with E-state index in [-0.39, 0.29) is 0 Å². The predicted molar refractivity (Wildman–Crippen MR) is 68.2 cm³/mol. The molecule has 0 saturated heterocycles. The normalized spacial score (nSPS) is 10.0. The molecule has 0 atom stereocenters. The van der Waals surface area contributed by atoms with E-state index in [0.717, 1.165) is 20.8 Å². The van der Waals surface area contributed by atoms with Crippen LogP contribution in [-0.4, -0.2) is 4.98 Å². The van der Waals surface area contributed by atoms with Crippen molar-refractivity contribution >= 4 is 22.6 Å². The van der Waals surface area contributed by atoms with Crippen LogP contribution in [0.15, 0.2) is 42.6 Å². The van der Waals surface area contributed by atoms with Crippen molar-refractivity contribution in [3.05, 3.63) is 51.9 Å². The van der Waals surface area contributed by atoms with Crippen molar-refractivity contribution in [1.82, 2.24) is 4.98 Å². The summed E-state index contributed by atoms with van der Waals surface area (Å²) in [5.41, 5.74) is 0.899. The lowest BCUT2D eigenvalue weighted by Gasteiger charge is -2.07. The number of rotatable bonds is 2. The van der Waals surface area contributed by atoms with Gasteiger partial charge in [-0.15, -0.1) is 0 Å². The molecular weight excluding hydrogens is 301 g/mol. The maximum atomic E-state index is 5.72. The number of ether oxygens (including phenoxy) is 1. The highest BCUT2D eigenvalue weighted by molar-refractivity contribution is 14.1. The maximum absolute atomic E-state index is 5.72. The number of halogens is 1. The quantitative estimate of drug-likeness (QED) is 0.787. The van der Waals surface area contributed by atoms with Crippen molar-refractivity contribution in [2.24, 2.45) is 0 Å². The molecule has 2 nitrogen and oxygen atoms in total. The van der Waals surface area contributed by atoms with E-state index in [4.69, 9.17) is 4.74 Å². The lowest BCUT2D eigenvalue weighted by Crippen LogP contribution is -1.89. The Morgan fingerprint density at radius 2 is 2.07 bits per heavy atom. The van der Waals surface area contributed by atoms with Gasteiger partial charge in [0.1, 0.15) is 11.5 Å². The second-order valence-corrected chi connectivity index (χ2v) is 4.39. The molecule has 0 N–H and O–H groups in total. The minimum atomic E-state index is 0.805. The predicted octanol–water partition coefficient (Wildman–Crippen LogP) is 3.79. The van der Waals surface area contributed by atoms with Crippen LogP contribution in [0, 0.1) is 10.5 Å². The molecule has 0 aliphatic heterocycles. The fourth-order valence-corrected chi connectivity index (χ4v) is 1.75. The summed E-state index contributed by atoms with van der Waals surface area (Å²) in [4.78, 5) is 4.17. The van der Waals surface area contributed by atoms with E-state index in [1.54, 1.807) is 6.20 Å². The highest BCUT2D eigenvalue weighted by Crippen LogP contribution is 2.24. The summed E-state index contributed by atoms with van der Waals surface area (Å²) in [5, 5.41) is 0. The highest BCUT2D eigenvalue weighted by atomic mass is 127. The molecule has 76 valence electrons.